The summed E-state index contributed by atoms with van der Waals surface area (Å²) in [4.78, 5) is 6.60. The van der Waals surface area contributed by atoms with Crippen molar-refractivity contribution in [2.45, 2.75) is 13.0 Å². The first-order chi connectivity index (χ1) is 11.1. The molecule has 0 saturated heterocycles. The maximum absolute atomic E-state index is 5.95. The van der Waals surface area contributed by atoms with Crippen LogP contribution in [0.15, 0.2) is 59.6 Å². The number of guanidine groups is 1. The standard InChI is InChI=1S/C18H24N4O.HI/c1-14(22(2)16-7-5-4-6-8-16)13-20-18(19)21-15-9-11-17(23-3)12-10-15;/h4-12,14H,13H2,1-3H3,(H3,19,20,21);1H. The Hall–Kier alpha value is -1.96. The van der Waals surface area contributed by atoms with Gasteiger partial charge in [0.25, 0.3) is 0 Å². The van der Waals surface area contributed by atoms with E-state index in [2.05, 4.69) is 41.3 Å². The molecule has 0 saturated carbocycles. The number of halogens is 1. The molecule has 0 aromatic heterocycles. The zero-order chi connectivity index (χ0) is 16.7. The molecule has 1 unspecified atom stereocenters. The third-order valence-electron chi connectivity index (χ3n) is 3.71. The molecule has 0 bridgehead atoms. The summed E-state index contributed by atoms with van der Waals surface area (Å²) in [6.45, 7) is 2.73. The molecule has 3 N–H and O–H groups in total. The molecule has 2 aromatic rings. The molecular formula is C18H25IN4O. The lowest BCUT2D eigenvalue weighted by Crippen LogP contribution is -2.33. The molecule has 0 heterocycles. The minimum Gasteiger partial charge on any atom is -0.497 e. The Bertz CT molecular complexity index is 631. The molecule has 0 aliphatic rings. The van der Waals surface area contributed by atoms with Crippen LogP contribution in [0.2, 0.25) is 0 Å². The van der Waals surface area contributed by atoms with Gasteiger partial charge in [0, 0.05) is 24.5 Å². The van der Waals surface area contributed by atoms with Gasteiger partial charge in [-0.15, -0.1) is 24.0 Å². The summed E-state index contributed by atoms with van der Waals surface area (Å²) < 4.78 is 5.13. The van der Waals surface area contributed by atoms with Crippen molar-refractivity contribution in [3.63, 3.8) is 0 Å². The monoisotopic (exact) mass is 440 g/mol. The molecule has 0 fully saturated rings. The lowest BCUT2D eigenvalue weighted by molar-refractivity contribution is 0.415. The number of methoxy groups -OCH3 is 1. The Labute approximate surface area is 160 Å². The van der Waals surface area contributed by atoms with Crippen LogP contribution in [0.5, 0.6) is 5.75 Å². The number of likely N-dealkylation sites (N-methyl/N-ethyl adjacent to an activating group) is 1. The van der Waals surface area contributed by atoms with Gasteiger partial charge in [-0.25, -0.2) is 0 Å². The van der Waals surface area contributed by atoms with Gasteiger partial charge >= 0.3 is 0 Å². The Morgan fingerprint density at radius 1 is 1.17 bits per heavy atom. The molecule has 2 rings (SSSR count). The number of hydrogen-bond donors (Lipinski definition) is 2. The Kier molecular flexibility index (Phi) is 8.39. The van der Waals surface area contributed by atoms with Crippen LogP contribution >= 0.6 is 24.0 Å². The van der Waals surface area contributed by atoms with Gasteiger partial charge in [0.15, 0.2) is 5.96 Å². The average molecular weight is 440 g/mol. The molecule has 2 aromatic carbocycles. The van der Waals surface area contributed by atoms with E-state index in [9.17, 15) is 0 Å². The summed E-state index contributed by atoms with van der Waals surface area (Å²) in [5.41, 5.74) is 8.00. The largest absolute Gasteiger partial charge is 0.497 e. The summed E-state index contributed by atoms with van der Waals surface area (Å²) in [6, 6.07) is 18.0. The number of nitrogens with one attached hydrogen (secondary N) is 1. The van der Waals surface area contributed by atoms with E-state index in [1.165, 1.54) is 0 Å². The van der Waals surface area contributed by atoms with Crippen LogP contribution in [0.25, 0.3) is 0 Å². The van der Waals surface area contributed by atoms with Gasteiger partial charge in [0.1, 0.15) is 5.75 Å². The van der Waals surface area contributed by atoms with Gasteiger partial charge in [-0.3, -0.25) is 4.99 Å². The van der Waals surface area contributed by atoms with Crippen molar-refractivity contribution in [3.8, 4) is 5.75 Å². The van der Waals surface area contributed by atoms with Gasteiger partial charge in [0.05, 0.1) is 13.7 Å². The first-order valence-electron chi connectivity index (χ1n) is 7.59. The topological polar surface area (TPSA) is 62.9 Å². The van der Waals surface area contributed by atoms with Crippen LogP contribution in [0.4, 0.5) is 11.4 Å². The highest BCUT2D eigenvalue weighted by Gasteiger charge is 2.09. The minimum absolute atomic E-state index is 0. The van der Waals surface area contributed by atoms with Crippen LogP contribution in [-0.4, -0.2) is 32.7 Å². The van der Waals surface area contributed by atoms with Crippen molar-refractivity contribution >= 4 is 41.3 Å². The molecule has 130 valence electrons. The van der Waals surface area contributed by atoms with Gasteiger partial charge in [0.2, 0.25) is 0 Å². The van der Waals surface area contributed by atoms with Crippen molar-refractivity contribution in [2.24, 2.45) is 10.7 Å². The zero-order valence-corrected chi connectivity index (χ0v) is 16.6. The van der Waals surface area contributed by atoms with Crippen molar-refractivity contribution in [3.05, 3.63) is 54.6 Å². The molecule has 24 heavy (non-hydrogen) atoms. The number of anilines is 2. The van der Waals surface area contributed by atoms with E-state index < -0.39 is 0 Å². The predicted octanol–water partition coefficient (Wildman–Crippen LogP) is 3.56. The minimum atomic E-state index is 0. The Balaban J connectivity index is 0.00000288. The van der Waals surface area contributed by atoms with Crippen LogP contribution in [0, 0.1) is 0 Å². The molecule has 0 amide bonds. The number of nitrogens with two attached hydrogens (primary N) is 1. The fourth-order valence-corrected chi connectivity index (χ4v) is 2.13. The number of aliphatic imine (C=N–C) groups is 1. The predicted molar refractivity (Wildman–Crippen MR) is 113 cm³/mol. The van der Waals surface area contributed by atoms with E-state index >= 15 is 0 Å². The zero-order valence-electron chi connectivity index (χ0n) is 14.3. The number of hydrogen-bond acceptors (Lipinski definition) is 3. The van der Waals surface area contributed by atoms with Crippen LogP contribution in [-0.2, 0) is 0 Å². The highest BCUT2D eigenvalue weighted by atomic mass is 127. The number of para-hydroxylation sites is 1. The second-order valence-corrected chi connectivity index (χ2v) is 5.37. The number of ether oxygens (including phenoxy) is 1. The summed E-state index contributed by atoms with van der Waals surface area (Å²) in [5.74, 6) is 1.22. The second-order valence-electron chi connectivity index (χ2n) is 5.37. The second kappa shape index (κ2) is 10.0. The van der Waals surface area contributed by atoms with E-state index in [4.69, 9.17) is 10.5 Å². The number of rotatable bonds is 6. The van der Waals surface area contributed by atoms with Crippen molar-refractivity contribution in [1.82, 2.24) is 0 Å². The molecule has 0 aliphatic heterocycles. The summed E-state index contributed by atoms with van der Waals surface area (Å²) in [6.07, 6.45) is 0. The summed E-state index contributed by atoms with van der Waals surface area (Å²) in [7, 11) is 3.70. The smallest absolute Gasteiger partial charge is 0.193 e. The number of nitrogens with zero attached hydrogens (tertiary/aromatic N) is 2. The van der Waals surface area contributed by atoms with Gasteiger partial charge < -0.3 is 20.7 Å². The van der Waals surface area contributed by atoms with Crippen molar-refractivity contribution < 1.29 is 4.74 Å². The van der Waals surface area contributed by atoms with Gasteiger partial charge in [-0.1, -0.05) is 18.2 Å². The average Bonchev–Trinajstić information content (AvgIpc) is 2.60. The van der Waals surface area contributed by atoms with Crippen molar-refractivity contribution in [2.75, 3.05) is 30.9 Å². The van der Waals surface area contributed by atoms with Crippen molar-refractivity contribution in [1.29, 1.82) is 0 Å². The van der Waals surface area contributed by atoms with Gasteiger partial charge in [-0.05, 0) is 43.3 Å². The molecule has 0 spiro atoms. The van der Waals surface area contributed by atoms with Crippen LogP contribution in [0.1, 0.15) is 6.92 Å². The molecule has 1 atom stereocenters. The normalized spacial score (nSPS) is 12.0. The SMILES string of the molecule is COc1ccc(NC(N)=NCC(C)N(C)c2ccccc2)cc1.I. The Morgan fingerprint density at radius 3 is 2.38 bits per heavy atom. The molecule has 0 aliphatic carbocycles. The summed E-state index contributed by atoms with van der Waals surface area (Å²) in [5, 5.41) is 3.08. The lowest BCUT2D eigenvalue weighted by Gasteiger charge is -2.25. The highest BCUT2D eigenvalue weighted by molar-refractivity contribution is 14.0. The molecule has 5 nitrogen and oxygen atoms in total. The van der Waals surface area contributed by atoms with E-state index in [0.29, 0.717) is 12.5 Å². The fraction of sp³-hybridized carbons (Fsp3) is 0.278. The van der Waals surface area contributed by atoms with E-state index in [-0.39, 0.29) is 30.0 Å². The molecular weight excluding hydrogens is 415 g/mol. The first-order valence-corrected chi connectivity index (χ1v) is 7.59. The Morgan fingerprint density at radius 2 is 1.79 bits per heavy atom. The molecule has 0 radical (unpaired) electrons. The highest BCUT2D eigenvalue weighted by Crippen LogP contribution is 2.15. The lowest BCUT2D eigenvalue weighted by atomic mass is 10.2. The van der Waals surface area contributed by atoms with E-state index in [1.807, 2.05) is 42.5 Å². The third-order valence-corrected chi connectivity index (χ3v) is 3.71. The third kappa shape index (κ3) is 5.92. The maximum Gasteiger partial charge on any atom is 0.193 e. The maximum atomic E-state index is 5.95. The van der Waals surface area contributed by atoms with E-state index in [1.54, 1.807) is 7.11 Å². The van der Waals surface area contributed by atoms with Crippen LogP contribution < -0.4 is 20.7 Å². The quantitative estimate of drug-likeness (QED) is 0.410. The fourth-order valence-electron chi connectivity index (χ4n) is 2.13. The van der Waals surface area contributed by atoms with Crippen LogP contribution in [0.3, 0.4) is 0 Å². The van der Waals surface area contributed by atoms with Gasteiger partial charge in [-0.2, -0.15) is 0 Å². The number of benzene rings is 2. The van der Waals surface area contributed by atoms with E-state index in [0.717, 1.165) is 17.1 Å². The first kappa shape index (κ1) is 20.1. The summed E-state index contributed by atoms with van der Waals surface area (Å²) >= 11 is 0. The molecule has 6 heteroatoms.